The molecule has 0 fully saturated rings. The van der Waals surface area contributed by atoms with Crippen molar-refractivity contribution in [1.29, 1.82) is 0 Å². The molecule has 0 spiro atoms. The molecule has 132 valence electrons. The van der Waals surface area contributed by atoms with Crippen LogP contribution >= 0.6 is 0 Å². The summed E-state index contributed by atoms with van der Waals surface area (Å²) in [6.07, 6.45) is 0. The largest absolute Gasteiger partial charge is 0.228 e. The van der Waals surface area contributed by atoms with Crippen LogP contribution in [0.25, 0.3) is 33.9 Å². The fraction of sp³-hybridized carbons (Fsp3) is 0. The molecule has 0 atom stereocenters. The zero-order valence-corrected chi connectivity index (χ0v) is 14.0. The average molecular weight is 362 g/mol. The number of nitrogens with zero attached hydrogens (tertiary/aromatic N) is 2. The van der Waals surface area contributed by atoms with Crippen LogP contribution in [0.1, 0.15) is 0 Å². The molecule has 0 aliphatic heterocycles. The van der Waals surface area contributed by atoms with E-state index in [-0.39, 0.29) is 5.82 Å². The highest BCUT2D eigenvalue weighted by Gasteiger charge is 2.12. The first-order valence-corrected chi connectivity index (χ1v) is 8.25. The number of aromatic nitrogens is 2. The average Bonchev–Trinajstić information content (AvgIpc) is 2.68. The van der Waals surface area contributed by atoms with Crippen LogP contribution in [0.4, 0.5) is 13.2 Å². The van der Waals surface area contributed by atoms with Crippen molar-refractivity contribution >= 4 is 0 Å². The smallest absolute Gasteiger partial charge is 0.160 e. The SMILES string of the molecule is Fc1cccc(-c2cc(-c3cccc(F)c3)nc(-c3cccc(F)c3)n2)c1. The molecule has 0 aliphatic carbocycles. The molecule has 0 radical (unpaired) electrons. The van der Waals surface area contributed by atoms with Crippen molar-refractivity contribution in [2.75, 3.05) is 0 Å². The zero-order chi connectivity index (χ0) is 18.8. The van der Waals surface area contributed by atoms with Gasteiger partial charge in [0.25, 0.3) is 0 Å². The van der Waals surface area contributed by atoms with E-state index < -0.39 is 17.5 Å². The second kappa shape index (κ2) is 7.03. The topological polar surface area (TPSA) is 25.8 Å². The molecule has 2 nitrogen and oxygen atoms in total. The van der Waals surface area contributed by atoms with Gasteiger partial charge in [0.05, 0.1) is 11.4 Å². The molecule has 3 aromatic carbocycles. The van der Waals surface area contributed by atoms with Gasteiger partial charge in [-0.05, 0) is 42.5 Å². The van der Waals surface area contributed by atoms with E-state index in [0.29, 0.717) is 28.1 Å². The minimum atomic E-state index is -0.417. The van der Waals surface area contributed by atoms with Crippen molar-refractivity contribution in [3.05, 3.63) is 96.3 Å². The van der Waals surface area contributed by atoms with Gasteiger partial charge in [-0.1, -0.05) is 36.4 Å². The fourth-order valence-corrected chi connectivity index (χ4v) is 2.80. The number of hydrogen-bond acceptors (Lipinski definition) is 2. The van der Waals surface area contributed by atoms with Gasteiger partial charge in [0, 0.05) is 16.7 Å². The Hall–Kier alpha value is -3.47. The molecule has 1 aromatic heterocycles. The third-order valence-electron chi connectivity index (χ3n) is 4.05. The molecule has 5 heteroatoms. The molecule has 0 bridgehead atoms. The molecular formula is C22H13F3N2. The van der Waals surface area contributed by atoms with Gasteiger partial charge in [0.2, 0.25) is 0 Å². The summed E-state index contributed by atoms with van der Waals surface area (Å²) < 4.78 is 41.0. The summed E-state index contributed by atoms with van der Waals surface area (Å²) >= 11 is 0. The van der Waals surface area contributed by atoms with E-state index >= 15 is 0 Å². The lowest BCUT2D eigenvalue weighted by atomic mass is 10.1. The highest BCUT2D eigenvalue weighted by molar-refractivity contribution is 5.71. The normalized spacial score (nSPS) is 10.8. The summed E-state index contributed by atoms with van der Waals surface area (Å²) in [5, 5.41) is 0. The van der Waals surface area contributed by atoms with Crippen LogP contribution in [0.5, 0.6) is 0 Å². The van der Waals surface area contributed by atoms with Gasteiger partial charge in [-0.3, -0.25) is 0 Å². The van der Waals surface area contributed by atoms with Crippen LogP contribution in [-0.2, 0) is 0 Å². The van der Waals surface area contributed by atoms with Crippen molar-refractivity contribution in [2.24, 2.45) is 0 Å². The summed E-state index contributed by atoms with van der Waals surface area (Å²) in [7, 11) is 0. The van der Waals surface area contributed by atoms with Crippen molar-refractivity contribution in [2.45, 2.75) is 0 Å². The predicted molar refractivity (Wildman–Crippen MR) is 98.2 cm³/mol. The van der Waals surface area contributed by atoms with Crippen molar-refractivity contribution in [1.82, 2.24) is 9.97 Å². The van der Waals surface area contributed by atoms with Gasteiger partial charge >= 0.3 is 0 Å². The predicted octanol–water partition coefficient (Wildman–Crippen LogP) is 5.89. The lowest BCUT2D eigenvalue weighted by Crippen LogP contribution is -1.96. The van der Waals surface area contributed by atoms with E-state index in [9.17, 15) is 13.2 Å². The molecule has 0 saturated carbocycles. The molecule has 4 rings (SSSR count). The lowest BCUT2D eigenvalue weighted by Gasteiger charge is -2.09. The second-order valence-corrected chi connectivity index (χ2v) is 5.99. The molecule has 0 amide bonds. The quantitative estimate of drug-likeness (QED) is 0.454. The molecule has 0 unspecified atom stereocenters. The zero-order valence-electron chi connectivity index (χ0n) is 14.0. The molecule has 0 aliphatic rings. The molecule has 0 saturated heterocycles. The first kappa shape index (κ1) is 17.0. The summed E-state index contributed by atoms with van der Waals surface area (Å²) in [5.74, 6) is -0.938. The maximum absolute atomic E-state index is 13.7. The van der Waals surface area contributed by atoms with Gasteiger partial charge < -0.3 is 0 Å². The Kier molecular flexibility index (Phi) is 4.42. The first-order valence-electron chi connectivity index (χ1n) is 8.25. The summed E-state index contributed by atoms with van der Waals surface area (Å²) in [5.41, 5.74) is 2.50. The van der Waals surface area contributed by atoms with E-state index in [1.807, 2.05) is 0 Å². The molecular weight excluding hydrogens is 349 g/mol. The van der Waals surface area contributed by atoms with E-state index in [1.54, 1.807) is 42.5 Å². The second-order valence-electron chi connectivity index (χ2n) is 5.99. The van der Waals surface area contributed by atoms with E-state index in [0.717, 1.165) is 0 Å². The van der Waals surface area contributed by atoms with Gasteiger partial charge in [0.1, 0.15) is 17.5 Å². The number of halogens is 3. The standard InChI is InChI=1S/C22H13F3N2/c23-17-7-1-4-14(10-17)20-13-21(15-5-2-8-18(24)11-15)27-22(26-20)16-6-3-9-19(25)12-16/h1-13H. The van der Waals surface area contributed by atoms with E-state index in [2.05, 4.69) is 9.97 Å². The Morgan fingerprint density at radius 2 is 0.889 bits per heavy atom. The van der Waals surface area contributed by atoms with Gasteiger partial charge in [-0.15, -0.1) is 0 Å². The Balaban J connectivity index is 1.94. The summed E-state index contributed by atoms with van der Waals surface area (Å²) in [4.78, 5) is 8.93. The lowest BCUT2D eigenvalue weighted by molar-refractivity contribution is 0.628. The Labute approximate surface area is 154 Å². The first-order chi connectivity index (χ1) is 13.1. The maximum Gasteiger partial charge on any atom is 0.160 e. The fourth-order valence-electron chi connectivity index (χ4n) is 2.80. The minimum Gasteiger partial charge on any atom is -0.228 e. The van der Waals surface area contributed by atoms with Crippen LogP contribution in [0.3, 0.4) is 0 Å². The number of hydrogen-bond donors (Lipinski definition) is 0. The van der Waals surface area contributed by atoms with Gasteiger partial charge in [-0.2, -0.15) is 0 Å². The number of rotatable bonds is 3. The van der Waals surface area contributed by atoms with Crippen LogP contribution < -0.4 is 0 Å². The van der Waals surface area contributed by atoms with E-state index in [1.165, 1.54) is 36.4 Å². The van der Waals surface area contributed by atoms with Crippen LogP contribution in [0.15, 0.2) is 78.9 Å². The minimum absolute atomic E-state index is 0.274. The summed E-state index contributed by atoms with van der Waals surface area (Å²) in [6, 6.07) is 19.5. The third kappa shape index (κ3) is 3.72. The monoisotopic (exact) mass is 362 g/mol. The Bertz CT molecular complexity index is 972. The highest BCUT2D eigenvalue weighted by atomic mass is 19.1. The van der Waals surface area contributed by atoms with Crippen LogP contribution in [0.2, 0.25) is 0 Å². The Morgan fingerprint density at radius 1 is 0.481 bits per heavy atom. The molecule has 1 heterocycles. The number of benzene rings is 3. The van der Waals surface area contributed by atoms with Crippen LogP contribution in [-0.4, -0.2) is 9.97 Å². The Morgan fingerprint density at radius 3 is 1.33 bits per heavy atom. The molecule has 4 aromatic rings. The van der Waals surface area contributed by atoms with Gasteiger partial charge in [0.15, 0.2) is 5.82 Å². The van der Waals surface area contributed by atoms with Crippen molar-refractivity contribution < 1.29 is 13.2 Å². The van der Waals surface area contributed by atoms with Gasteiger partial charge in [-0.25, -0.2) is 23.1 Å². The van der Waals surface area contributed by atoms with Crippen LogP contribution in [0, 0.1) is 17.5 Å². The maximum atomic E-state index is 13.7. The summed E-state index contributed by atoms with van der Waals surface area (Å²) in [6.45, 7) is 0. The molecule has 0 N–H and O–H groups in total. The van der Waals surface area contributed by atoms with Crippen molar-refractivity contribution in [3.63, 3.8) is 0 Å². The molecule has 27 heavy (non-hydrogen) atoms. The van der Waals surface area contributed by atoms with Crippen molar-refractivity contribution in [3.8, 4) is 33.9 Å². The van der Waals surface area contributed by atoms with E-state index in [4.69, 9.17) is 0 Å². The highest BCUT2D eigenvalue weighted by Crippen LogP contribution is 2.28. The third-order valence-corrected chi connectivity index (χ3v) is 4.05.